The lowest BCUT2D eigenvalue weighted by Crippen LogP contribution is -2.47. The van der Waals surface area contributed by atoms with Crippen LogP contribution in [-0.2, 0) is 14.8 Å². The van der Waals surface area contributed by atoms with Gasteiger partial charge < -0.3 is 5.11 Å². The summed E-state index contributed by atoms with van der Waals surface area (Å²) >= 11 is 0. The third-order valence-corrected chi connectivity index (χ3v) is 5.28. The molecule has 1 aromatic rings. The normalized spacial score (nSPS) is 24.2. The van der Waals surface area contributed by atoms with Gasteiger partial charge in [-0.05, 0) is 31.4 Å². The zero-order valence-corrected chi connectivity index (χ0v) is 12.7. The van der Waals surface area contributed by atoms with E-state index in [4.69, 9.17) is 0 Å². The first-order valence-electron chi connectivity index (χ1n) is 6.80. The molecule has 1 unspecified atom stereocenters. The molecule has 1 aromatic carbocycles. The number of rotatable bonds is 4. The van der Waals surface area contributed by atoms with Crippen molar-refractivity contribution in [3.05, 3.63) is 41.3 Å². The van der Waals surface area contributed by atoms with Crippen molar-refractivity contribution in [1.82, 2.24) is 4.31 Å². The maximum atomic E-state index is 12.3. The Labute approximate surface area is 124 Å². The molecule has 1 fully saturated rings. The maximum Gasteiger partial charge on any atom is 0.310 e. The van der Waals surface area contributed by atoms with E-state index in [1.54, 1.807) is 6.92 Å². The van der Waals surface area contributed by atoms with Gasteiger partial charge >= 0.3 is 5.97 Å². The standard InChI is InChI=1S/C15H19NO4S/c1-15(14(17)18)9-5-10-16(12-15)21(19,20)11-8-13-6-3-2-4-7-13/h2-4,6-8,11H,5,9-10,12H2,1H3,(H,17,18). The van der Waals surface area contributed by atoms with E-state index in [9.17, 15) is 18.3 Å². The van der Waals surface area contributed by atoms with Gasteiger partial charge in [0.05, 0.1) is 5.41 Å². The number of aliphatic carboxylic acids is 1. The third kappa shape index (κ3) is 3.71. The van der Waals surface area contributed by atoms with E-state index in [-0.39, 0.29) is 6.54 Å². The first kappa shape index (κ1) is 15.7. The summed E-state index contributed by atoms with van der Waals surface area (Å²) in [5, 5.41) is 10.4. The number of hydrogen-bond donors (Lipinski definition) is 1. The van der Waals surface area contributed by atoms with Crippen LogP contribution in [0.15, 0.2) is 35.7 Å². The molecule has 0 aliphatic carbocycles. The van der Waals surface area contributed by atoms with E-state index in [1.165, 1.54) is 10.4 Å². The van der Waals surface area contributed by atoms with Crippen molar-refractivity contribution >= 4 is 22.1 Å². The van der Waals surface area contributed by atoms with Gasteiger partial charge in [0, 0.05) is 18.5 Å². The van der Waals surface area contributed by atoms with E-state index < -0.39 is 21.4 Å². The smallest absolute Gasteiger partial charge is 0.310 e. The molecule has 2 rings (SSSR count). The van der Waals surface area contributed by atoms with Crippen LogP contribution in [0.3, 0.4) is 0 Å². The highest BCUT2D eigenvalue weighted by Crippen LogP contribution is 2.31. The van der Waals surface area contributed by atoms with Crippen LogP contribution >= 0.6 is 0 Å². The van der Waals surface area contributed by atoms with Gasteiger partial charge in [-0.15, -0.1) is 0 Å². The highest BCUT2D eigenvalue weighted by molar-refractivity contribution is 7.92. The molecule has 1 aliphatic rings. The molecule has 21 heavy (non-hydrogen) atoms. The van der Waals surface area contributed by atoms with Gasteiger partial charge in [-0.3, -0.25) is 4.79 Å². The van der Waals surface area contributed by atoms with Crippen molar-refractivity contribution in [3.63, 3.8) is 0 Å². The topological polar surface area (TPSA) is 74.7 Å². The summed E-state index contributed by atoms with van der Waals surface area (Å²) in [6.45, 7) is 1.98. The van der Waals surface area contributed by atoms with Gasteiger partial charge in [0.15, 0.2) is 0 Å². The molecule has 0 radical (unpaired) electrons. The van der Waals surface area contributed by atoms with Crippen molar-refractivity contribution in [2.75, 3.05) is 13.1 Å². The first-order valence-corrected chi connectivity index (χ1v) is 8.30. The second-order valence-electron chi connectivity index (χ2n) is 5.56. The largest absolute Gasteiger partial charge is 0.481 e. The number of hydrogen-bond acceptors (Lipinski definition) is 3. The van der Waals surface area contributed by atoms with E-state index in [0.717, 1.165) is 11.0 Å². The Bertz CT molecular complexity index is 639. The quantitative estimate of drug-likeness (QED) is 0.925. The molecule has 0 spiro atoms. The average molecular weight is 309 g/mol. The molecule has 114 valence electrons. The number of piperidine rings is 1. The summed E-state index contributed by atoms with van der Waals surface area (Å²) in [5.74, 6) is -0.950. The molecule has 0 amide bonds. The SMILES string of the molecule is CC1(C(=O)O)CCCN(S(=O)(=O)C=Cc2ccccc2)C1. The summed E-state index contributed by atoms with van der Waals surface area (Å²) in [6, 6.07) is 9.13. The number of carboxylic acid groups (broad SMARTS) is 1. The maximum absolute atomic E-state index is 12.3. The third-order valence-electron chi connectivity index (χ3n) is 3.77. The Balaban J connectivity index is 2.16. The lowest BCUT2D eigenvalue weighted by Gasteiger charge is -2.36. The van der Waals surface area contributed by atoms with Crippen LogP contribution in [0.25, 0.3) is 6.08 Å². The van der Waals surface area contributed by atoms with Crippen molar-refractivity contribution < 1.29 is 18.3 Å². The molecule has 1 atom stereocenters. The van der Waals surface area contributed by atoms with E-state index >= 15 is 0 Å². The van der Waals surface area contributed by atoms with Crippen molar-refractivity contribution in [2.24, 2.45) is 5.41 Å². The monoisotopic (exact) mass is 309 g/mol. The molecule has 5 nitrogen and oxygen atoms in total. The Morgan fingerprint density at radius 2 is 2.00 bits per heavy atom. The van der Waals surface area contributed by atoms with Crippen LogP contribution in [0.1, 0.15) is 25.3 Å². The Kier molecular flexibility index (Phi) is 4.49. The van der Waals surface area contributed by atoms with Gasteiger partial charge in [0.1, 0.15) is 0 Å². The number of sulfonamides is 1. The molecule has 1 saturated heterocycles. The predicted octanol–water partition coefficient (Wildman–Crippen LogP) is 2.17. The van der Waals surface area contributed by atoms with Crippen LogP contribution in [0, 0.1) is 5.41 Å². The summed E-state index contributed by atoms with van der Waals surface area (Å²) < 4.78 is 25.9. The molecule has 0 aromatic heterocycles. The van der Waals surface area contributed by atoms with Crippen LogP contribution in [0.4, 0.5) is 0 Å². The minimum absolute atomic E-state index is 0.0177. The van der Waals surface area contributed by atoms with Gasteiger partial charge in [-0.1, -0.05) is 30.3 Å². The zero-order valence-electron chi connectivity index (χ0n) is 11.9. The highest BCUT2D eigenvalue weighted by atomic mass is 32.2. The fourth-order valence-corrected chi connectivity index (χ4v) is 3.75. The first-order chi connectivity index (χ1) is 9.83. The molecular weight excluding hydrogens is 290 g/mol. The molecule has 0 saturated carbocycles. The van der Waals surface area contributed by atoms with E-state index in [0.29, 0.717) is 19.4 Å². The van der Waals surface area contributed by atoms with Gasteiger partial charge in [-0.25, -0.2) is 8.42 Å². The Hall–Kier alpha value is -1.66. The minimum Gasteiger partial charge on any atom is -0.481 e. The van der Waals surface area contributed by atoms with Crippen LogP contribution < -0.4 is 0 Å². The van der Waals surface area contributed by atoms with Crippen molar-refractivity contribution in [3.8, 4) is 0 Å². The van der Waals surface area contributed by atoms with Crippen LogP contribution in [-0.4, -0.2) is 36.9 Å². The van der Waals surface area contributed by atoms with Gasteiger partial charge in [0.2, 0.25) is 10.0 Å². The molecule has 1 aliphatic heterocycles. The number of nitrogens with zero attached hydrogens (tertiary/aromatic N) is 1. The molecule has 1 heterocycles. The van der Waals surface area contributed by atoms with E-state index in [2.05, 4.69) is 0 Å². The van der Waals surface area contributed by atoms with Gasteiger partial charge in [-0.2, -0.15) is 4.31 Å². The minimum atomic E-state index is -3.60. The summed E-state index contributed by atoms with van der Waals surface area (Å²) in [5.41, 5.74) is -0.217. The van der Waals surface area contributed by atoms with Crippen molar-refractivity contribution in [1.29, 1.82) is 0 Å². The van der Waals surface area contributed by atoms with Crippen LogP contribution in [0.5, 0.6) is 0 Å². The molecule has 1 N–H and O–H groups in total. The van der Waals surface area contributed by atoms with Crippen LogP contribution in [0.2, 0.25) is 0 Å². The second kappa shape index (κ2) is 5.99. The fraction of sp³-hybridized carbons (Fsp3) is 0.400. The molecule has 0 bridgehead atoms. The second-order valence-corrected chi connectivity index (χ2v) is 7.38. The number of carbonyl (C=O) groups is 1. The summed E-state index contributed by atoms with van der Waals surface area (Å²) in [4.78, 5) is 11.3. The molecular formula is C15H19NO4S. The highest BCUT2D eigenvalue weighted by Gasteiger charge is 2.40. The summed E-state index contributed by atoms with van der Waals surface area (Å²) in [7, 11) is -3.60. The zero-order chi connectivity index (χ0) is 15.5. The van der Waals surface area contributed by atoms with Crippen molar-refractivity contribution in [2.45, 2.75) is 19.8 Å². The molecule has 6 heteroatoms. The number of carboxylic acids is 1. The Morgan fingerprint density at radius 1 is 1.33 bits per heavy atom. The Morgan fingerprint density at radius 3 is 2.62 bits per heavy atom. The summed E-state index contributed by atoms with van der Waals surface area (Å²) in [6.07, 6.45) is 2.58. The number of benzene rings is 1. The van der Waals surface area contributed by atoms with Gasteiger partial charge in [0.25, 0.3) is 0 Å². The van der Waals surface area contributed by atoms with E-state index in [1.807, 2.05) is 30.3 Å². The average Bonchev–Trinajstić information content (AvgIpc) is 2.46. The lowest BCUT2D eigenvalue weighted by atomic mass is 9.83. The predicted molar refractivity (Wildman–Crippen MR) is 80.9 cm³/mol. The lowest BCUT2D eigenvalue weighted by molar-refractivity contribution is -0.150. The fourth-order valence-electron chi connectivity index (χ4n) is 2.40.